The number of fused-ring (bicyclic) bond motifs is 1. The van der Waals surface area contributed by atoms with Crippen LogP contribution in [0.5, 0.6) is 0 Å². The van der Waals surface area contributed by atoms with Crippen molar-refractivity contribution in [3.8, 4) is 0 Å². The summed E-state index contributed by atoms with van der Waals surface area (Å²) in [7, 11) is -3.42. The molecule has 2 rings (SSSR count). The van der Waals surface area contributed by atoms with E-state index in [0.29, 0.717) is 0 Å². The molecule has 2 amide bonds. The van der Waals surface area contributed by atoms with E-state index in [1.54, 1.807) is 0 Å². The molecular weight excluding hydrogens is 261 g/mol. The monoisotopic (exact) mass is 271 g/mol. The lowest BCUT2D eigenvalue weighted by molar-refractivity contribution is 0.249. The zero-order valence-electron chi connectivity index (χ0n) is 9.18. The van der Waals surface area contributed by atoms with Crippen LogP contribution in [0.25, 0.3) is 0 Å². The van der Waals surface area contributed by atoms with Gasteiger partial charge in [0.2, 0.25) is 0 Å². The van der Waals surface area contributed by atoms with Crippen LogP contribution in [0.2, 0.25) is 0 Å². The van der Waals surface area contributed by atoms with E-state index in [9.17, 15) is 17.6 Å². The van der Waals surface area contributed by atoms with Gasteiger partial charge in [-0.2, -0.15) is 5.10 Å². The van der Waals surface area contributed by atoms with Crippen LogP contribution in [0.1, 0.15) is 12.0 Å². The fourth-order valence-corrected chi connectivity index (χ4v) is 3.18. The van der Waals surface area contributed by atoms with Crippen LogP contribution >= 0.6 is 0 Å². The summed E-state index contributed by atoms with van der Waals surface area (Å²) in [6.45, 7) is 0. The van der Waals surface area contributed by atoms with Crippen molar-refractivity contribution in [3.05, 3.63) is 29.6 Å². The predicted molar refractivity (Wildman–Crippen MR) is 62.3 cm³/mol. The zero-order valence-corrected chi connectivity index (χ0v) is 10.00. The third kappa shape index (κ3) is 2.33. The number of carbonyl (C=O) groups excluding carboxylic acids is 1. The first-order valence-electron chi connectivity index (χ1n) is 5.05. The Morgan fingerprint density at radius 3 is 2.83 bits per heavy atom. The maximum Gasteiger partial charge on any atom is 0.332 e. The van der Waals surface area contributed by atoms with E-state index in [2.05, 4.69) is 5.10 Å². The lowest BCUT2D eigenvalue weighted by Crippen LogP contribution is -2.29. The lowest BCUT2D eigenvalue weighted by Gasteiger charge is -2.17. The van der Waals surface area contributed by atoms with Gasteiger partial charge in [-0.15, -0.1) is 0 Å². The van der Waals surface area contributed by atoms with Crippen LogP contribution in [0.4, 0.5) is 9.18 Å². The van der Waals surface area contributed by atoms with E-state index in [1.165, 1.54) is 6.07 Å². The van der Waals surface area contributed by atoms with Crippen molar-refractivity contribution in [1.82, 2.24) is 5.43 Å². The first kappa shape index (κ1) is 12.5. The second-order valence-electron chi connectivity index (χ2n) is 3.74. The molecule has 0 unspecified atom stereocenters. The van der Waals surface area contributed by atoms with Gasteiger partial charge in [0, 0.05) is 12.0 Å². The fraction of sp³-hybridized carbons (Fsp3) is 0.200. The number of nitrogens with two attached hydrogens (primary N) is 1. The number of nitrogens with one attached hydrogen (secondary N) is 1. The highest BCUT2D eigenvalue weighted by molar-refractivity contribution is 7.91. The van der Waals surface area contributed by atoms with Gasteiger partial charge in [-0.3, -0.25) is 0 Å². The highest BCUT2D eigenvalue weighted by Gasteiger charge is 2.28. The normalized spacial score (nSPS) is 19.3. The van der Waals surface area contributed by atoms with E-state index in [4.69, 9.17) is 5.73 Å². The van der Waals surface area contributed by atoms with Gasteiger partial charge in [0.15, 0.2) is 9.84 Å². The minimum atomic E-state index is -3.42. The Kier molecular flexibility index (Phi) is 3.04. The second kappa shape index (κ2) is 4.37. The molecule has 8 heteroatoms. The van der Waals surface area contributed by atoms with Crippen molar-refractivity contribution < 1.29 is 17.6 Å². The molecule has 1 aliphatic heterocycles. The molecule has 0 atom stereocenters. The minimum Gasteiger partial charge on any atom is -0.350 e. The van der Waals surface area contributed by atoms with Crippen LogP contribution < -0.4 is 11.2 Å². The van der Waals surface area contributed by atoms with Crippen molar-refractivity contribution in [2.24, 2.45) is 10.8 Å². The Balaban J connectivity index is 2.54. The maximum atomic E-state index is 13.2. The summed E-state index contributed by atoms with van der Waals surface area (Å²) < 4.78 is 36.7. The molecule has 18 heavy (non-hydrogen) atoms. The van der Waals surface area contributed by atoms with Crippen molar-refractivity contribution in [1.29, 1.82) is 0 Å². The van der Waals surface area contributed by atoms with Gasteiger partial charge in [-0.05, 0) is 18.2 Å². The summed E-state index contributed by atoms with van der Waals surface area (Å²) in [6.07, 6.45) is 0.0963. The molecule has 0 aliphatic carbocycles. The van der Waals surface area contributed by atoms with E-state index in [-0.39, 0.29) is 28.3 Å². The molecule has 0 spiro atoms. The van der Waals surface area contributed by atoms with Crippen molar-refractivity contribution in [3.63, 3.8) is 0 Å². The van der Waals surface area contributed by atoms with Crippen molar-refractivity contribution in [2.45, 2.75) is 11.3 Å². The highest BCUT2D eigenvalue weighted by Crippen LogP contribution is 2.25. The Labute approximate surface area is 103 Å². The molecule has 1 aromatic carbocycles. The SMILES string of the molecule is NC(=O)N/N=C1/CCS(=O)(=O)c2ccc(F)cc21. The smallest absolute Gasteiger partial charge is 0.332 e. The van der Waals surface area contributed by atoms with E-state index >= 15 is 0 Å². The summed E-state index contributed by atoms with van der Waals surface area (Å²) in [6, 6.07) is 2.47. The lowest BCUT2D eigenvalue weighted by atomic mass is 10.1. The number of benzene rings is 1. The van der Waals surface area contributed by atoms with Gasteiger partial charge in [-0.1, -0.05) is 0 Å². The second-order valence-corrected chi connectivity index (χ2v) is 5.82. The average Bonchev–Trinajstić information content (AvgIpc) is 2.27. The summed E-state index contributed by atoms with van der Waals surface area (Å²) in [5.41, 5.74) is 7.33. The number of primary amides is 1. The van der Waals surface area contributed by atoms with Gasteiger partial charge < -0.3 is 5.73 Å². The van der Waals surface area contributed by atoms with Crippen LogP contribution in [-0.4, -0.2) is 25.9 Å². The van der Waals surface area contributed by atoms with Crippen LogP contribution in [0.15, 0.2) is 28.2 Å². The molecule has 0 radical (unpaired) electrons. The largest absolute Gasteiger partial charge is 0.350 e. The fourth-order valence-electron chi connectivity index (χ4n) is 1.71. The molecule has 0 bridgehead atoms. The quantitative estimate of drug-likeness (QED) is 0.570. The third-order valence-electron chi connectivity index (χ3n) is 2.50. The van der Waals surface area contributed by atoms with E-state index in [0.717, 1.165) is 12.1 Å². The number of hydrazone groups is 1. The standard InChI is InChI=1S/C10H10FN3O3S/c11-6-1-2-9-7(5-6)8(13-14-10(12)15)3-4-18(9,16)17/h1-2,5H,3-4H2,(H3,12,14,15)/b13-8-. The highest BCUT2D eigenvalue weighted by atomic mass is 32.2. The van der Waals surface area contributed by atoms with Gasteiger partial charge in [-0.25, -0.2) is 23.0 Å². The van der Waals surface area contributed by atoms with E-state index in [1.807, 2.05) is 5.43 Å². The van der Waals surface area contributed by atoms with E-state index < -0.39 is 21.7 Å². The van der Waals surface area contributed by atoms with Crippen LogP contribution in [0, 0.1) is 5.82 Å². The van der Waals surface area contributed by atoms with Gasteiger partial charge in [0.1, 0.15) is 5.82 Å². The number of halogens is 1. The molecule has 1 heterocycles. The molecular formula is C10H10FN3O3S. The Hall–Kier alpha value is -1.96. The molecule has 0 saturated heterocycles. The number of hydrogen-bond acceptors (Lipinski definition) is 4. The molecule has 1 aliphatic rings. The minimum absolute atomic E-state index is 0.0140. The maximum absolute atomic E-state index is 13.2. The summed E-state index contributed by atoms with van der Waals surface area (Å²) >= 11 is 0. The average molecular weight is 271 g/mol. The number of carbonyl (C=O) groups is 1. The first-order valence-corrected chi connectivity index (χ1v) is 6.70. The summed E-state index contributed by atoms with van der Waals surface area (Å²) in [5, 5.41) is 3.69. The number of rotatable bonds is 1. The topological polar surface area (TPSA) is 102 Å². The Morgan fingerprint density at radius 1 is 1.44 bits per heavy atom. The summed E-state index contributed by atoms with van der Waals surface area (Å²) in [4.78, 5) is 10.6. The van der Waals surface area contributed by atoms with Crippen molar-refractivity contribution >= 4 is 21.6 Å². The summed E-state index contributed by atoms with van der Waals surface area (Å²) in [5.74, 6) is -0.706. The van der Waals surface area contributed by atoms with Gasteiger partial charge >= 0.3 is 6.03 Å². The zero-order chi connectivity index (χ0) is 13.3. The number of urea groups is 1. The Morgan fingerprint density at radius 2 is 2.17 bits per heavy atom. The first-order chi connectivity index (χ1) is 8.40. The molecule has 0 fully saturated rings. The molecule has 1 aromatic rings. The number of amides is 2. The Bertz CT molecular complexity index is 640. The molecule has 0 saturated carbocycles. The molecule has 6 nitrogen and oxygen atoms in total. The van der Waals surface area contributed by atoms with Crippen LogP contribution in [-0.2, 0) is 9.84 Å². The predicted octanol–water partition coefficient (Wildman–Crippen LogP) is 0.376. The molecule has 3 N–H and O–H groups in total. The molecule has 96 valence electrons. The number of hydrogen-bond donors (Lipinski definition) is 2. The molecule has 0 aromatic heterocycles. The number of nitrogens with zero attached hydrogens (tertiary/aromatic N) is 1. The van der Waals surface area contributed by atoms with Crippen LogP contribution in [0.3, 0.4) is 0 Å². The number of sulfone groups is 1. The van der Waals surface area contributed by atoms with Gasteiger partial charge in [0.25, 0.3) is 0 Å². The third-order valence-corrected chi connectivity index (χ3v) is 4.26. The van der Waals surface area contributed by atoms with Crippen molar-refractivity contribution in [2.75, 3.05) is 5.75 Å². The van der Waals surface area contributed by atoms with Gasteiger partial charge in [0.05, 0.1) is 16.4 Å².